The number of fused-ring (bicyclic) bond motifs is 1. The minimum Gasteiger partial charge on any atom is -0.492 e. The van der Waals surface area contributed by atoms with Crippen molar-refractivity contribution in [3.05, 3.63) is 18.2 Å². The van der Waals surface area contributed by atoms with E-state index in [0.717, 1.165) is 29.8 Å². The maximum Gasteiger partial charge on any atom is 0.231 e. The van der Waals surface area contributed by atoms with Gasteiger partial charge in [-0.15, -0.1) is 0 Å². The molecule has 0 aliphatic carbocycles. The molecule has 3 rings (SSSR count). The third kappa shape index (κ3) is 4.41. The Bertz CT molecular complexity index is 588. The molecule has 0 spiro atoms. The van der Waals surface area contributed by atoms with E-state index in [0.29, 0.717) is 17.9 Å². The standard InChI is InChI=1S/C17H25N3O3S/c1-17(6-3-9-24-17)11-20-16(18-2)19-7-8-21-13-4-5-14-15(10-13)23-12-22-14/h4-5,10H,3,6-9,11-12H2,1-2H3,(H2,18,19,20). The SMILES string of the molecule is CN=C(NCCOc1ccc2c(c1)OCO2)NCC1(C)CCCS1. The summed E-state index contributed by atoms with van der Waals surface area (Å²) in [6, 6.07) is 5.61. The fourth-order valence-electron chi connectivity index (χ4n) is 2.77. The average Bonchev–Trinajstić information content (AvgIpc) is 3.23. The van der Waals surface area contributed by atoms with Crippen LogP contribution in [-0.4, -0.2) is 50.0 Å². The molecule has 6 nitrogen and oxygen atoms in total. The van der Waals surface area contributed by atoms with Crippen molar-refractivity contribution in [1.82, 2.24) is 10.6 Å². The van der Waals surface area contributed by atoms with Crippen LogP contribution in [0, 0.1) is 0 Å². The van der Waals surface area contributed by atoms with E-state index in [-0.39, 0.29) is 6.79 Å². The summed E-state index contributed by atoms with van der Waals surface area (Å²) < 4.78 is 16.7. The van der Waals surface area contributed by atoms with Crippen LogP contribution >= 0.6 is 11.8 Å². The molecule has 2 heterocycles. The molecule has 2 N–H and O–H groups in total. The Morgan fingerprint density at radius 3 is 3.00 bits per heavy atom. The highest BCUT2D eigenvalue weighted by Gasteiger charge is 2.29. The van der Waals surface area contributed by atoms with E-state index < -0.39 is 0 Å². The maximum atomic E-state index is 5.74. The number of nitrogens with zero attached hydrogens (tertiary/aromatic N) is 1. The average molecular weight is 351 g/mol. The summed E-state index contributed by atoms with van der Waals surface area (Å²) >= 11 is 2.04. The van der Waals surface area contributed by atoms with Crippen LogP contribution in [0.2, 0.25) is 0 Å². The van der Waals surface area contributed by atoms with E-state index in [1.54, 1.807) is 7.05 Å². The highest BCUT2D eigenvalue weighted by Crippen LogP contribution is 2.37. The van der Waals surface area contributed by atoms with E-state index in [9.17, 15) is 0 Å². The van der Waals surface area contributed by atoms with E-state index in [2.05, 4.69) is 22.5 Å². The third-order valence-corrected chi connectivity index (χ3v) is 5.70. The molecule has 1 fully saturated rings. The van der Waals surface area contributed by atoms with Crippen LogP contribution in [0.5, 0.6) is 17.2 Å². The molecule has 2 aliphatic rings. The van der Waals surface area contributed by atoms with Crippen LogP contribution in [0.4, 0.5) is 0 Å². The first-order valence-electron chi connectivity index (χ1n) is 8.29. The normalized spacial score (nSPS) is 22.5. The molecule has 1 saturated heterocycles. The lowest BCUT2D eigenvalue weighted by Crippen LogP contribution is -2.44. The van der Waals surface area contributed by atoms with Gasteiger partial charge in [-0.25, -0.2) is 0 Å². The fourth-order valence-corrected chi connectivity index (χ4v) is 4.02. The summed E-state index contributed by atoms with van der Waals surface area (Å²) in [5.41, 5.74) is 0. The number of ether oxygens (including phenoxy) is 3. The summed E-state index contributed by atoms with van der Waals surface area (Å²) in [5.74, 6) is 4.36. The number of benzene rings is 1. The second-order valence-corrected chi connectivity index (χ2v) is 7.80. The smallest absolute Gasteiger partial charge is 0.231 e. The Balaban J connectivity index is 1.37. The van der Waals surface area contributed by atoms with Gasteiger partial charge in [0.25, 0.3) is 0 Å². The summed E-state index contributed by atoms with van der Waals surface area (Å²) in [5, 5.41) is 6.69. The van der Waals surface area contributed by atoms with Crippen molar-refractivity contribution in [2.75, 3.05) is 39.3 Å². The Kier molecular flexibility index (Phi) is 5.60. The molecule has 0 saturated carbocycles. The second kappa shape index (κ2) is 7.88. The minimum atomic E-state index is 0.277. The topological polar surface area (TPSA) is 64.1 Å². The zero-order valence-electron chi connectivity index (χ0n) is 14.3. The van der Waals surface area contributed by atoms with Crippen LogP contribution in [0.25, 0.3) is 0 Å². The van der Waals surface area contributed by atoms with E-state index in [1.165, 1.54) is 18.6 Å². The van der Waals surface area contributed by atoms with Gasteiger partial charge < -0.3 is 24.8 Å². The van der Waals surface area contributed by atoms with E-state index in [1.807, 2.05) is 30.0 Å². The summed E-state index contributed by atoms with van der Waals surface area (Å²) in [6.07, 6.45) is 2.56. The highest BCUT2D eigenvalue weighted by atomic mass is 32.2. The van der Waals surface area contributed by atoms with Crippen LogP contribution in [-0.2, 0) is 0 Å². The molecule has 1 unspecified atom stereocenters. The van der Waals surface area contributed by atoms with Gasteiger partial charge >= 0.3 is 0 Å². The predicted molar refractivity (Wildman–Crippen MR) is 97.5 cm³/mol. The van der Waals surface area contributed by atoms with Crippen molar-refractivity contribution < 1.29 is 14.2 Å². The quantitative estimate of drug-likeness (QED) is 0.466. The monoisotopic (exact) mass is 351 g/mol. The molecular weight excluding hydrogens is 326 g/mol. The molecule has 2 aliphatic heterocycles. The van der Waals surface area contributed by atoms with Gasteiger partial charge in [0, 0.05) is 24.4 Å². The van der Waals surface area contributed by atoms with Gasteiger partial charge in [0.2, 0.25) is 6.79 Å². The van der Waals surface area contributed by atoms with Gasteiger partial charge in [0.1, 0.15) is 12.4 Å². The second-order valence-electron chi connectivity index (χ2n) is 6.12. The Hall–Kier alpha value is -1.76. The molecule has 0 aromatic heterocycles. The summed E-state index contributed by atoms with van der Waals surface area (Å²) in [4.78, 5) is 4.26. The number of aliphatic imine (C=N–C) groups is 1. The molecule has 1 aromatic rings. The van der Waals surface area contributed by atoms with Gasteiger partial charge in [-0.2, -0.15) is 11.8 Å². The first-order valence-corrected chi connectivity index (χ1v) is 9.28. The van der Waals surface area contributed by atoms with Crippen molar-refractivity contribution in [2.24, 2.45) is 4.99 Å². The van der Waals surface area contributed by atoms with Crippen molar-refractivity contribution in [3.8, 4) is 17.2 Å². The zero-order chi connectivity index (χ0) is 16.8. The molecule has 0 radical (unpaired) electrons. The largest absolute Gasteiger partial charge is 0.492 e. The zero-order valence-corrected chi connectivity index (χ0v) is 15.1. The highest BCUT2D eigenvalue weighted by molar-refractivity contribution is 8.00. The van der Waals surface area contributed by atoms with Crippen molar-refractivity contribution in [2.45, 2.75) is 24.5 Å². The lowest BCUT2D eigenvalue weighted by molar-refractivity contribution is 0.173. The molecule has 132 valence electrons. The minimum absolute atomic E-state index is 0.277. The molecule has 0 bridgehead atoms. The van der Waals surface area contributed by atoms with Crippen LogP contribution in [0.15, 0.2) is 23.2 Å². The number of hydrogen-bond donors (Lipinski definition) is 2. The summed E-state index contributed by atoms with van der Waals surface area (Å²) in [6.45, 7) is 4.75. The van der Waals surface area contributed by atoms with Crippen molar-refractivity contribution in [3.63, 3.8) is 0 Å². The number of thioether (sulfide) groups is 1. The predicted octanol–water partition coefficient (Wildman–Crippen LogP) is 2.24. The first kappa shape index (κ1) is 17.1. The molecule has 7 heteroatoms. The van der Waals surface area contributed by atoms with Gasteiger partial charge in [-0.1, -0.05) is 0 Å². The summed E-state index contributed by atoms with van der Waals surface area (Å²) in [7, 11) is 1.79. The fraction of sp³-hybridized carbons (Fsp3) is 0.588. The number of guanidine groups is 1. The Morgan fingerprint density at radius 1 is 1.33 bits per heavy atom. The lowest BCUT2D eigenvalue weighted by atomic mass is 10.1. The number of nitrogens with one attached hydrogen (secondary N) is 2. The first-order chi connectivity index (χ1) is 11.7. The molecule has 1 aromatic carbocycles. The molecule has 24 heavy (non-hydrogen) atoms. The van der Waals surface area contributed by atoms with E-state index in [4.69, 9.17) is 14.2 Å². The molecule has 1 atom stereocenters. The third-order valence-electron chi connectivity index (χ3n) is 4.16. The van der Waals surface area contributed by atoms with Gasteiger partial charge in [0.15, 0.2) is 17.5 Å². The number of hydrogen-bond acceptors (Lipinski definition) is 5. The van der Waals surface area contributed by atoms with Crippen LogP contribution in [0.3, 0.4) is 0 Å². The van der Waals surface area contributed by atoms with Gasteiger partial charge in [-0.05, 0) is 37.7 Å². The molecule has 0 amide bonds. The van der Waals surface area contributed by atoms with E-state index >= 15 is 0 Å². The number of rotatable bonds is 6. The lowest BCUT2D eigenvalue weighted by Gasteiger charge is -2.24. The Labute approximate surface area is 147 Å². The van der Waals surface area contributed by atoms with Crippen LogP contribution in [0.1, 0.15) is 19.8 Å². The van der Waals surface area contributed by atoms with Crippen molar-refractivity contribution in [1.29, 1.82) is 0 Å². The van der Waals surface area contributed by atoms with Gasteiger partial charge in [0.05, 0.1) is 6.54 Å². The van der Waals surface area contributed by atoms with Crippen LogP contribution < -0.4 is 24.8 Å². The van der Waals surface area contributed by atoms with Crippen molar-refractivity contribution >= 4 is 17.7 Å². The molecular formula is C17H25N3O3S. The van der Waals surface area contributed by atoms with Gasteiger partial charge in [-0.3, -0.25) is 4.99 Å². The Morgan fingerprint density at radius 2 is 2.21 bits per heavy atom. The maximum absolute atomic E-state index is 5.74.